The molecule has 2 heterocycles. The number of nitrogens with one attached hydrogen (secondary N) is 1. The summed E-state index contributed by atoms with van der Waals surface area (Å²) >= 11 is 0. The number of hydrogen-bond acceptors (Lipinski definition) is 3. The number of rotatable bonds is 5. The van der Waals surface area contributed by atoms with Crippen molar-refractivity contribution < 1.29 is 9.53 Å². The number of ether oxygens (including phenoxy) is 1. The van der Waals surface area contributed by atoms with Gasteiger partial charge in [-0.3, -0.25) is 0 Å². The molecule has 1 fully saturated rings. The molecule has 1 aromatic rings. The van der Waals surface area contributed by atoms with Gasteiger partial charge in [-0.15, -0.1) is 0 Å². The topological polar surface area (TPSA) is 46.5 Å². The van der Waals surface area contributed by atoms with Crippen molar-refractivity contribution >= 4 is 6.09 Å². The summed E-state index contributed by atoms with van der Waals surface area (Å²) in [7, 11) is 0. The van der Waals surface area contributed by atoms with Crippen LogP contribution in [0.25, 0.3) is 0 Å². The number of carbonyl (C=O) groups is 1. The number of aromatic nitrogens is 1. The highest BCUT2D eigenvalue weighted by Gasteiger charge is 2.29. The van der Waals surface area contributed by atoms with Gasteiger partial charge in [0.15, 0.2) is 0 Å². The van der Waals surface area contributed by atoms with Crippen LogP contribution in [0.5, 0.6) is 0 Å². The lowest BCUT2D eigenvalue weighted by atomic mass is 10.2. The van der Waals surface area contributed by atoms with Crippen molar-refractivity contribution in [2.75, 3.05) is 13.1 Å². The van der Waals surface area contributed by atoms with Crippen molar-refractivity contribution in [1.29, 1.82) is 0 Å². The molecule has 124 valence electrons. The van der Waals surface area contributed by atoms with Crippen LogP contribution in [0.2, 0.25) is 0 Å². The number of carbonyl (C=O) groups excluding carboxylic acids is 1. The summed E-state index contributed by atoms with van der Waals surface area (Å²) in [6.45, 7) is 11.3. The number of amides is 1. The summed E-state index contributed by atoms with van der Waals surface area (Å²) in [6, 6.07) is 4.59. The first-order chi connectivity index (χ1) is 10.4. The minimum absolute atomic E-state index is 0.203. The zero-order valence-corrected chi connectivity index (χ0v) is 14.3. The molecule has 1 aromatic heterocycles. The number of aryl methyl sites for hydroxylation is 1. The van der Waals surface area contributed by atoms with Crippen LogP contribution in [0.4, 0.5) is 4.79 Å². The molecule has 1 atom stereocenters. The first-order valence-electron chi connectivity index (χ1n) is 8.24. The van der Waals surface area contributed by atoms with Crippen LogP contribution in [0.3, 0.4) is 0 Å². The highest BCUT2D eigenvalue weighted by atomic mass is 16.6. The van der Waals surface area contributed by atoms with Crippen molar-refractivity contribution in [1.82, 2.24) is 14.8 Å². The molecule has 1 unspecified atom stereocenters. The molecular weight excluding hydrogens is 278 g/mol. The first-order valence-corrected chi connectivity index (χ1v) is 8.24. The Morgan fingerprint density at radius 1 is 1.45 bits per heavy atom. The van der Waals surface area contributed by atoms with E-state index in [1.807, 2.05) is 20.8 Å². The second-order valence-corrected chi connectivity index (χ2v) is 6.99. The maximum atomic E-state index is 12.1. The minimum Gasteiger partial charge on any atom is -0.444 e. The lowest BCUT2D eigenvalue weighted by molar-refractivity contribution is 0.0291. The van der Waals surface area contributed by atoms with Crippen LogP contribution in [0.15, 0.2) is 18.3 Å². The summed E-state index contributed by atoms with van der Waals surface area (Å²) in [5, 5.41) is 3.56. The number of nitrogens with zero attached hydrogens (tertiary/aromatic N) is 2. The normalized spacial score (nSPS) is 18.7. The first kappa shape index (κ1) is 16.9. The predicted molar refractivity (Wildman–Crippen MR) is 87.8 cm³/mol. The van der Waals surface area contributed by atoms with Gasteiger partial charge < -0.3 is 19.5 Å². The zero-order chi connectivity index (χ0) is 16.2. The summed E-state index contributed by atoms with van der Waals surface area (Å²) in [4.78, 5) is 13.9. The van der Waals surface area contributed by atoms with Gasteiger partial charge in [-0.1, -0.05) is 6.92 Å². The SMILES string of the molecule is CCCn1cccc1CNC1CCN(C(=O)OC(C)(C)C)C1. The van der Waals surface area contributed by atoms with Crippen molar-refractivity contribution in [2.45, 2.75) is 65.3 Å². The quantitative estimate of drug-likeness (QED) is 0.909. The van der Waals surface area contributed by atoms with E-state index in [2.05, 4.69) is 35.1 Å². The molecule has 0 aromatic carbocycles. The van der Waals surface area contributed by atoms with E-state index in [9.17, 15) is 4.79 Å². The molecule has 1 N–H and O–H groups in total. The summed E-state index contributed by atoms with van der Waals surface area (Å²) in [5.41, 5.74) is 0.876. The Balaban J connectivity index is 1.79. The molecule has 2 rings (SSSR count). The Kier molecular flexibility index (Phi) is 5.51. The van der Waals surface area contributed by atoms with Crippen LogP contribution < -0.4 is 5.32 Å². The molecule has 0 radical (unpaired) electrons. The molecule has 0 aliphatic carbocycles. The Hall–Kier alpha value is -1.49. The van der Waals surface area contributed by atoms with E-state index < -0.39 is 5.60 Å². The van der Waals surface area contributed by atoms with E-state index in [1.165, 1.54) is 5.69 Å². The van der Waals surface area contributed by atoms with Crippen molar-refractivity contribution in [3.63, 3.8) is 0 Å². The molecule has 0 spiro atoms. The monoisotopic (exact) mass is 307 g/mol. The maximum Gasteiger partial charge on any atom is 0.410 e. The third-order valence-corrected chi connectivity index (χ3v) is 3.80. The molecule has 1 amide bonds. The Morgan fingerprint density at radius 2 is 2.23 bits per heavy atom. The Morgan fingerprint density at radius 3 is 2.91 bits per heavy atom. The lowest BCUT2D eigenvalue weighted by Gasteiger charge is -2.24. The zero-order valence-electron chi connectivity index (χ0n) is 14.3. The van der Waals surface area contributed by atoms with E-state index in [-0.39, 0.29) is 6.09 Å². The van der Waals surface area contributed by atoms with E-state index in [0.717, 1.165) is 39.0 Å². The Labute approximate surface area is 133 Å². The van der Waals surface area contributed by atoms with Crippen LogP contribution in [0, 0.1) is 0 Å². The number of likely N-dealkylation sites (tertiary alicyclic amines) is 1. The molecular formula is C17H29N3O2. The van der Waals surface area contributed by atoms with Crippen LogP contribution in [-0.4, -0.2) is 40.3 Å². The molecule has 5 nitrogen and oxygen atoms in total. The molecule has 5 heteroatoms. The lowest BCUT2D eigenvalue weighted by Crippen LogP contribution is -2.38. The summed E-state index contributed by atoms with van der Waals surface area (Å²) < 4.78 is 7.71. The molecule has 1 aliphatic rings. The third kappa shape index (κ3) is 4.77. The van der Waals surface area contributed by atoms with Gasteiger partial charge in [-0.05, 0) is 45.7 Å². The second kappa shape index (κ2) is 7.18. The van der Waals surface area contributed by atoms with Gasteiger partial charge in [0.05, 0.1) is 0 Å². The maximum absolute atomic E-state index is 12.1. The van der Waals surface area contributed by atoms with Crippen molar-refractivity contribution in [3.8, 4) is 0 Å². The van der Waals surface area contributed by atoms with Gasteiger partial charge in [0, 0.05) is 44.1 Å². The second-order valence-electron chi connectivity index (χ2n) is 6.99. The third-order valence-electron chi connectivity index (χ3n) is 3.80. The molecule has 0 saturated carbocycles. The number of hydrogen-bond donors (Lipinski definition) is 1. The van der Waals surface area contributed by atoms with Crippen LogP contribution in [0.1, 0.15) is 46.2 Å². The van der Waals surface area contributed by atoms with Gasteiger partial charge in [0.25, 0.3) is 0 Å². The minimum atomic E-state index is -0.427. The molecule has 1 saturated heterocycles. The standard InChI is InChI=1S/C17H29N3O2/c1-5-9-19-10-6-7-15(19)12-18-14-8-11-20(13-14)16(21)22-17(2,3)4/h6-7,10,14,18H,5,8-9,11-13H2,1-4H3. The average molecular weight is 307 g/mol. The van der Waals surface area contributed by atoms with Gasteiger partial charge in [-0.2, -0.15) is 0 Å². The van der Waals surface area contributed by atoms with E-state index >= 15 is 0 Å². The summed E-state index contributed by atoms with van der Waals surface area (Å²) in [6.07, 6.45) is 4.04. The Bertz CT molecular complexity index is 490. The average Bonchev–Trinajstić information content (AvgIpc) is 3.03. The van der Waals surface area contributed by atoms with E-state index in [4.69, 9.17) is 4.74 Å². The van der Waals surface area contributed by atoms with Crippen LogP contribution in [-0.2, 0) is 17.8 Å². The molecule has 22 heavy (non-hydrogen) atoms. The molecule has 0 bridgehead atoms. The highest BCUT2D eigenvalue weighted by molar-refractivity contribution is 5.68. The van der Waals surface area contributed by atoms with Gasteiger partial charge in [0.1, 0.15) is 5.60 Å². The summed E-state index contributed by atoms with van der Waals surface area (Å²) in [5.74, 6) is 0. The van der Waals surface area contributed by atoms with Gasteiger partial charge in [0.2, 0.25) is 0 Å². The fraction of sp³-hybridized carbons (Fsp3) is 0.706. The largest absolute Gasteiger partial charge is 0.444 e. The van der Waals surface area contributed by atoms with Crippen molar-refractivity contribution in [2.24, 2.45) is 0 Å². The smallest absolute Gasteiger partial charge is 0.410 e. The highest BCUT2D eigenvalue weighted by Crippen LogP contribution is 2.16. The fourth-order valence-corrected chi connectivity index (χ4v) is 2.74. The fourth-order valence-electron chi connectivity index (χ4n) is 2.74. The molecule has 1 aliphatic heterocycles. The van der Waals surface area contributed by atoms with Crippen LogP contribution >= 0.6 is 0 Å². The van der Waals surface area contributed by atoms with Gasteiger partial charge >= 0.3 is 6.09 Å². The van der Waals surface area contributed by atoms with Gasteiger partial charge in [-0.25, -0.2) is 4.79 Å². The predicted octanol–water partition coefficient (Wildman–Crippen LogP) is 3.00. The van der Waals surface area contributed by atoms with E-state index in [1.54, 1.807) is 4.90 Å². The van der Waals surface area contributed by atoms with E-state index in [0.29, 0.717) is 6.04 Å². The van der Waals surface area contributed by atoms with Crippen molar-refractivity contribution in [3.05, 3.63) is 24.0 Å².